The summed E-state index contributed by atoms with van der Waals surface area (Å²) in [5, 5.41) is 3.93. The Morgan fingerprint density at radius 2 is 2.05 bits per heavy atom. The minimum atomic E-state index is -0.113. The van der Waals surface area contributed by atoms with Crippen LogP contribution in [0.4, 0.5) is 5.69 Å². The number of nitrogens with zero attached hydrogens (tertiary/aromatic N) is 1. The van der Waals surface area contributed by atoms with Crippen molar-refractivity contribution in [3.63, 3.8) is 0 Å². The van der Waals surface area contributed by atoms with Gasteiger partial charge in [0.1, 0.15) is 0 Å². The Bertz CT molecular complexity index is 640. The first-order valence-electron chi connectivity index (χ1n) is 7.00. The van der Waals surface area contributed by atoms with Gasteiger partial charge in [-0.25, -0.2) is 0 Å². The largest absolute Gasteiger partial charge is 0.322 e. The van der Waals surface area contributed by atoms with E-state index < -0.39 is 0 Å². The van der Waals surface area contributed by atoms with Crippen LogP contribution in [-0.2, 0) is 6.42 Å². The van der Waals surface area contributed by atoms with Crippen LogP contribution in [0.2, 0.25) is 0 Å². The minimum Gasteiger partial charge on any atom is -0.322 e. The van der Waals surface area contributed by atoms with Gasteiger partial charge in [0.2, 0.25) is 0 Å². The van der Waals surface area contributed by atoms with Crippen molar-refractivity contribution in [2.75, 3.05) is 10.6 Å². The molecule has 1 heterocycles. The van der Waals surface area contributed by atoms with E-state index >= 15 is 0 Å². The van der Waals surface area contributed by atoms with E-state index in [1.54, 1.807) is 0 Å². The predicted octanol–water partition coefficient (Wildman–Crippen LogP) is 4.28. The quantitative estimate of drug-likeness (QED) is 0.821. The van der Waals surface area contributed by atoms with Crippen LogP contribution in [0.3, 0.4) is 0 Å². The van der Waals surface area contributed by atoms with Crippen LogP contribution in [0.5, 0.6) is 0 Å². The van der Waals surface area contributed by atoms with Crippen LogP contribution in [0.15, 0.2) is 36.4 Å². The fourth-order valence-electron chi connectivity index (χ4n) is 2.20. The average molecular weight is 347 g/mol. The van der Waals surface area contributed by atoms with E-state index in [-0.39, 0.29) is 5.91 Å². The second-order valence-corrected chi connectivity index (χ2v) is 5.83. The lowest BCUT2D eigenvalue weighted by molar-refractivity contribution is 0.102. The first-order chi connectivity index (χ1) is 10.1. The zero-order valence-corrected chi connectivity index (χ0v) is 13.9. The normalized spacial score (nSPS) is 10.4. The Balaban J connectivity index is 2.12. The first-order valence-corrected chi connectivity index (χ1v) is 8.13. The van der Waals surface area contributed by atoms with Gasteiger partial charge in [-0.1, -0.05) is 28.1 Å². The molecule has 1 aromatic heterocycles. The zero-order chi connectivity index (χ0) is 15.2. The van der Waals surface area contributed by atoms with Crippen molar-refractivity contribution in [3.05, 3.63) is 58.9 Å². The number of alkyl halides is 1. The summed E-state index contributed by atoms with van der Waals surface area (Å²) in [4.78, 5) is 16.6. The summed E-state index contributed by atoms with van der Waals surface area (Å²) in [7, 11) is 0. The summed E-state index contributed by atoms with van der Waals surface area (Å²) < 4.78 is 0. The first kappa shape index (κ1) is 15.7. The Morgan fingerprint density at radius 3 is 2.76 bits per heavy atom. The highest BCUT2D eigenvalue weighted by atomic mass is 79.9. The summed E-state index contributed by atoms with van der Waals surface area (Å²) >= 11 is 3.43. The summed E-state index contributed by atoms with van der Waals surface area (Å²) in [6.07, 6.45) is 2.08. The maximum atomic E-state index is 12.3. The molecular formula is C17H19BrN2O. The maximum Gasteiger partial charge on any atom is 0.257 e. The molecule has 0 aliphatic rings. The molecule has 3 nitrogen and oxygen atoms in total. The lowest BCUT2D eigenvalue weighted by atomic mass is 10.1. The molecule has 1 amide bonds. The number of anilines is 1. The summed E-state index contributed by atoms with van der Waals surface area (Å²) in [6.45, 7) is 3.77. The fraction of sp³-hybridized carbons (Fsp3) is 0.294. The molecule has 0 saturated carbocycles. The van der Waals surface area contributed by atoms with Crippen molar-refractivity contribution in [2.24, 2.45) is 0 Å². The lowest BCUT2D eigenvalue weighted by Crippen LogP contribution is -2.14. The molecule has 0 bridgehead atoms. The number of amides is 1. The van der Waals surface area contributed by atoms with E-state index in [4.69, 9.17) is 0 Å². The van der Waals surface area contributed by atoms with Crippen LogP contribution >= 0.6 is 15.9 Å². The van der Waals surface area contributed by atoms with E-state index in [1.807, 2.05) is 44.2 Å². The number of halogens is 1. The summed E-state index contributed by atoms with van der Waals surface area (Å²) in [6, 6.07) is 11.7. The molecule has 4 heteroatoms. The smallest absolute Gasteiger partial charge is 0.257 e. The van der Waals surface area contributed by atoms with E-state index in [2.05, 4.69) is 32.3 Å². The summed E-state index contributed by atoms with van der Waals surface area (Å²) in [5.41, 5.74) is 4.34. The number of hydrogen-bond donors (Lipinski definition) is 1. The van der Waals surface area contributed by atoms with Gasteiger partial charge in [0, 0.05) is 16.7 Å². The van der Waals surface area contributed by atoms with Crippen LogP contribution in [0, 0.1) is 13.8 Å². The molecule has 0 radical (unpaired) electrons. The van der Waals surface area contributed by atoms with Gasteiger partial charge in [0.05, 0.1) is 11.3 Å². The molecule has 110 valence electrons. The van der Waals surface area contributed by atoms with E-state index in [0.29, 0.717) is 5.56 Å². The number of pyridine rings is 1. The second-order valence-electron chi connectivity index (χ2n) is 5.03. The Morgan fingerprint density at radius 1 is 1.24 bits per heavy atom. The molecule has 1 aromatic carbocycles. The SMILES string of the molecule is Cc1ccc(C(=O)Nc2cccc(CCCBr)c2)c(C)n1. The van der Waals surface area contributed by atoms with Crippen LogP contribution in [0.1, 0.15) is 33.7 Å². The third-order valence-corrected chi connectivity index (χ3v) is 3.81. The fourth-order valence-corrected chi connectivity index (χ4v) is 2.48. The topological polar surface area (TPSA) is 42.0 Å². The predicted molar refractivity (Wildman–Crippen MR) is 90.2 cm³/mol. The van der Waals surface area contributed by atoms with Crippen LogP contribution < -0.4 is 5.32 Å². The molecule has 0 atom stereocenters. The number of rotatable bonds is 5. The van der Waals surface area contributed by atoms with Gasteiger partial charge in [-0.05, 0) is 56.5 Å². The van der Waals surface area contributed by atoms with E-state index in [1.165, 1.54) is 5.56 Å². The third-order valence-electron chi connectivity index (χ3n) is 3.25. The highest BCUT2D eigenvalue weighted by Gasteiger charge is 2.10. The second kappa shape index (κ2) is 7.36. The van der Waals surface area contributed by atoms with E-state index in [9.17, 15) is 4.79 Å². The molecule has 1 N–H and O–H groups in total. The number of carbonyl (C=O) groups is 1. The monoisotopic (exact) mass is 346 g/mol. The van der Waals surface area contributed by atoms with Crippen LogP contribution in [0.25, 0.3) is 0 Å². The van der Waals surface area contributed by atoms with Gasteiger partial charge >= 0.3 is 0 Å². The Kier molecular flexibility index (Phi) is 5.51. The molecule has 0 unspecified atom stereocenters. The lowest BCUT2D eigenvalue weighted by Gasteiger charge is -2.09. The highest BCUT2D eigenvalue weighted by Crippen LogP contribution is 2.15. The molecule has 2 rings (SSSR count). The van der Waals surface area contributed by atoms with Gasteiger partial charge in [-0.15, -0.1) is 0 Å². The van der Waals surface area contributed by atoms with Gasteiger partial charge in [0.25, 0.3) is 5.91 Å². The molecule has 0 aliphatic heterocycles. The van der Waals surface area contributed by atoms with Crippen molar-refractivity contribution < 1.29 is 4.79 Å². The van der Waals surface area contributed by atoms with Crippen molar-refractivity contribution >= 4 is 27.5 Å². The van der Waals surface area contributed by atoms with Crippen molar-refractivity contribution in [1.29, 1.82) is 0 Å². The number of carbonyl (C=O) groups excluding carboxylic acids is 1. The van der Waals surface area contributed by atoms with Gasteiger partial charge in [-0.2, -0.15) is 0 Å². The standard InChI is InChI=1S/C17H19BrN2O/c1-12-8-9-16(13(2)19-12)17(21)20-15-7-3-5-14(11-15)6-4-10-18/h3,5,7-9,11H,4,6,10H2,1-2H3,(H,20,21). The Hall–Kier alpha value is -1.68. The number of aryl methyl sites for hydroxylation is 3. The highest BCUT2D eigenvalue weighted by molar-refractivity contribution is 9.09. The van der Waals surface area contributed by atoms with Gasteiger partial charge < -0.3 is 5.32 Å². The molecule has 0 saturated heterocycles. The maximum absolute atomic E-state index is 12.3. The minimum absolute atomic E-state index is 0.113. The van der Waals surface area contributed by atoms with Gasteiger partial charge in [0.15, 0.2) is 0 Å². The zero-order valence-electron chi connectivity index (χ0n) is 12.3. The third kappa shape index (κ3) is 4.39. The number of aromatic nitrogens is 1. The van der Waals surface area contributed by atoms with E-state index in [0.717, 1.165) is 35.2 Å². The van der Waals surface area contributed by atoms with Crippen molar-refractivity contribution in [3.8, 4) is 0 Å². The molecule has 2 aromatic rings. The molecule has 0 aliphatic carbocycles. The summed E-state index contributed by atoms with van der Waals surface area (Å²) in [5.74, 6) is -0.113. The van der Waals surface area contributed by atoms with Crippen molar-refractivity contribution in [1.82, 2.24) is 4.98 Å². The molecule has 21 heavy (non-hydrogen) atoms. The molecule has 0 spiro atoms. The van der Waals surface area contributed by atoms with Crippen molar-refractivity contribution in [2.45, 2.75) is 26.7 Å². The number of nitrogens with one attached hydrogen (secondary N) is 1. The average Bonchev–Trinajstić information content (AvgIpc) is 2.45. The number of benzene rings is 1. The Labute approximate surface area is 133 Å². The molecular weight excluding hydrogens is 328 g/mol. The van der Waals surface area contributed by atoms with Gasteiger partial charge in [-0.3, -0.25) is 9.78 Å². The van der Waals surface area contributed by atoms with Crippen LogP contribution in [-0.4, -0.2) is 16.2 Å². The number of hydrogen-bond acceptors (Lipinski definition) is 2. The molecule has 0 fully saturated rings.